The van der Waals surface area contributed by atoms with Gasteiger partial charge in [-0.25, -0.2) is 0 Å². The second-order valence-corrected chi connectivity index (χ2v) is 6.08. The molecule has 2 rings (SSSR count). The van der Waals surface area contributed by atoms with Crippen LogP contribution in [0.5, 0.6) is 11.5 Å². The van der Waals surface area contributed by atoms with E-state index in [0.717, 1.165) is 8.95 Å². The lowest BCUT2D eigenvalue weighted by atomic mass is 10.0. The van der Waals surface area contributed by atoms with E-state index >= 15 is 0 Å². The van der Waals surface area contributed by atoms with Crippen LogP contribution in [-0.4, -0.2) is 19.5 Å². The monoisotopic (exact) mass is 412 g/mol. The molecule has 0 saturated carbocycles. The Kier molecular flexibility index (Phi) is 5.42. The lowest BCUT2D eigenvalue weighted by Crippen LogP contribution is -2.07. The number of hydrogen-bond acceptors (Lipinski definition) is 3. The van der Waals surface area contributed by atoms with Crippen LogP contribution in [-0.2, 0) is 0 Å². The smallest absolute Gasteiger partial charge is 0.200 e. The quantitative estimate of drug-likeness (QED) is 0.657. The van der Waals surface area contributed by atoms with E-state index in [1.54, 1.807) is 31.4 Å². The molecule has 3 nitrogen and oxygen atoms in total. The van der Waals surface area contributed by atoms with Crippen molar-refractivity contribution in [3.8, 4) is 11.5 Å². The maximum atomic E-state index is 12.8. The van der Waals surface area contributed by atoms with Crippen LogP contribution >= 0.6 is 31.9 Å². The summed E-state index contributed by atoms with van der Waals surface area (Å²) in [4.78, 5) is 12.8. The second kappa shape index (κ2) is 7.09. The molecule has 0 N–H and O–H groups in total. The predicted octanol–water partition coefficient (Wildman–Crippen LogP) is 4.85. The Morgan fingerprint density at radius 3 is 2.33 bits per heavy atom. The molecule has 0 aromatic heterocycles. The third-order valence-electron chi connectivity index (χ3n) is 2.89. The number of rotatable bonds is 5. The summed E-state index contributed by atoms with van der Waals surface area (Å²) >= 11 is 6.76. The van der Waals surface area contributed by atoms with Crippen LogP contribution in [0.15, 0.2) is 45.3 Å². The highest BCUT2D eigenvalue weighted by Gasteiger charge is 2.19. The van der Waals surface area contributed by atoms with Gasteiger partial charge < -0.3 is 9.47 Å². The van der Waals surface area contributed by atoms with Crippen LogP contribution < -0.4 is 9.47 Å². The van der Waals surface area contributed by atoms with Crippen LogP contribution in [0.4, 0.5) is 0 Å². The number of halogens is 2. The van der Waals surface area contributed by atoms with Crippen molar-refractivity contribution in [3.63, 3.8) is 0 Å². The third kappa shape index (κ3) is 3.66. The highest BCUT2D eigenvalue weighted by molar-refractivity contribution is 9.10. The lowest BCUT2D eigenvalue weighted by molar-refractivity contribution is 0.103. The zero-order valence-corrected chi connectivity index (χ0v) is 14.8. The fraction of sp³-hybridized carbons (Fsp3) is 0.188. The molecule has 0 spiro atoms. The summed E-state index contributed by atoms with van der Waals surface area (Å²) in [6, 6.07) is 10.7. The van der Waals surface area contributed by atoms with Gasteiger partial charge in [0.2, 0.25) is 5.78 Å². The van der Waals surface area contributed by atoms with E-state index in [9.17, 15) is 4.79 Å². The van der Waals surface area contributed by atoms with E-state index in [4.69, 9.17) is 9.47 Å². The van der Waals surface area contributed by atoms with Gasteiger partial charge in [-0.1, -0.05) is 31.9 Å². The molecule has 0 heterocycles. The van der Waals surface area contributed by atoms with Crippen LogP contribution in [0.1, 0.15) is 22.8 Å². The van der Waals surface area contributed by atoms with E-state index in [1.165, 1.54) is 0 Å². The van der Waals surface area contributed by atoms with Crippen molar-refractivity contribution in [2.24, 2.45) is 0 Å². The van der Waals surface area contributed by atoms with Gasteiger partial charge in [0.1, 0.15) is 11.5 Å². The van der Waals surface area contributed by atoms with Crippen molar-refractivity contribution in [2.75, 3.05) is 13.7 Å². The van der Waals surface area contributed by atoms with Crippen LogP contribution in [0.3, 0.4) is 0 Å². The Hall–Kier alpha value is -1.33. The first kappa shape index (κ1) is 16.0. The maximum absolute atomic E-state index is 12.8. The minimum Gasteiger partial charge on any atom is -0.496 e. The lowest BCUT2D eigenvalue weighted by Gasteiger charge is -2.12. The zero-order valence-electron chi connectivity index (χ0n) is 11.7. The van der Waals surface area contributed by atoms with Gasteiger partial charge in [-0.2, -0.15) is 0 Å². The summed E-state index contributed by atoms with van der Waals surface area (Å²) in [6.07, 6.45) is 0. The topological polar surface area (TPSA) is 35.5 Å². The van der Waals surface area contributed by atoms with Crippen molar-refractivity contribution in [3.05, 3.63) is 56.5 Å². The standard InChI is InChI=1S/C16H14Br2O3/c1-3-21-14-7-5-10(17)8-13(14)16(19)12-6-4-11(18)9-15(12)20-2/h4-9H,3H2,1-2H3. The van der Waals surface area contributed by atoms with Gasteiger partial charge in [0, 0.05) is 8.95 Å². The number of carbonyl (C=O) groups excluding carboxylic acids is 1. The largest absolute Gasteiger partial charge is 0.496 e. The number of methoxy groups -OCH3 is 1. The van der Waals surface area contributed by atoms with Crippen molar-refractivity contribution in [2.45, 2.75) is 6.92 Å². The fourth-order valence-electron chi connectivity index (χ4n) is 1.96. The van der Waals surface area contributed by atoms with Gasteiger partial charge in [-0.15, -0.1) is 0 Å². The zero-order chi connectivity index (χ0) is 15.4. The molecule has 5 heteroatoms. The summed E-state index contributed by atoms with van der Waals surface area (Å²) in [5.74, 6) is 0.955. The first-order valence-corrected chi connectivity index (χ1v) is 7.96. The highest BCUT2D eigenvalue weighted by Crippen LogP contribution is 2.30. The normalized spacial score (nSPS) is 10.3. The Balaban J connectivity index is 2.51. The van der Waals surface area contributed by atoms with Crippen LogP contribution in [0.25, 0.3) is 0 Å². The Morgan fingerprint density at radius 1 is 1.00 bits per heavy atom. The molecule has 2 aromatic carbocycles. The number of ketones is 1. The number of benzene rings is 2. The molecule has 0 radical (unpaired) electrons. The fourth-order valence-corrected chi connectivity index (χ4v) is 2.66. The molecule has 0 aliphatic carbocycles. The van der Waals surface area contributed by atoms with E-state index in [0.29, 0.717) is 29.2 Å². The van der Waals surface area contributed by atoms with Gasteiger partial charge in [0.25, 0.3) is 0 Å². The molecule has 110 valence electrons. The molecule has 2 aromatic rings. The first-order chi connectivity index (χ1) is 10.1. The highest BCUT2D eigenvalue weighted by atomic mass is 79.9. The van der Waals surface area contributed by atoms with Gasteiger partial charge in [-0.05, 0) is 43.3 Å². The third-order valence-corrected chi connectivity index (χ3v) is 3.88. The van der Waals surface area contributed by atoms with E-state index < -0.39 is 0 Å². The molecule has 0 aliphatic heterocycles. The Morgan fingerprint density at radius 2 is 1.67 bits per heavy atom. The van der Waals surface area contributed by atoms with E-state index in [-0.39, 0.29) is 5.78 Å². The summed E-state index contributed by atoms with van der Waals surface area (Å²) in [5.41, 5.74) is 1.01. The molecule has 0 saturated heterocycles. The summed E-state index contributed by atoms with van der Waals surface area (Å²) in [7, 11) is 1.54. The summed E-state index contributed by atoms with van der Waals surface area (Å²) < 4.78 is 12.5. The molecule has 0 fully saturated rings. The molecule has 21 heavy (non-hydrogen) atoms. The molecular weight excluding hydrogens is 400 g/mol. The molecule has 0 atom stereocenters. The van der Waals surface area contributed by atoms with Crippen LogP contribution in [0, 0.1) is 0 Å². The average Bonchev–Trinajstić information content (AvgIpc) is 2.48. The SMILES string of the molecule is CCOc1ccc(Br)cc1C(=O)c1ccc(Br)cc1OC. The molecule has 0 bridgehead atoms. The van der Waals surface area contributed by atoms with Crippen molar-refractivity contribution < 1.29 is 14.3 Å². The molecule has 0 amide bonds. The molecule has 0 unspecified atom stereocenters. The van der Waals surface area contributed by atoms with Gasteiger partial charge in [-0.3, -0.25) is 4.79 Å². The first-order valence-electron chi connectivity index (χ1n) is 6.37. The second-order valence-electron chi connectivity index (χ2n) is 4.25. The number of carbonyl (C=O) groups is 1. The van der Waals surface area contributed by atoms with E-state index in [1.807, 2.05) is 19.1 Å². The minimum atomic E-state index is -0.135. The summed E-state index contributed by atoms with van der Waals surface area (Å²) in [6.45, 7) is 2.38. The van der Waals surface area contributed by atoms with Crippen molar-refractivity contribution >= 4 is 37.6 Å². The molecule has 0 aliphatic rings. The average molecular weight is 414 g/mol. The Labute approximate surface area is 140 Å². The maximum Gasteiger partial charge on any atom is 0.200 e. The molecular formula is C16H14Br2O3. The van der Waals surface area contributed by atoms with Crippen LogP contribution in [0.2, 0.25) is 0 Å². The van der Waals surface area contributed by atoms with Crippen molar-refractivity contribution in [1.29, 1.82) is 0 Å². The number of ether oxygens (including phenoxy) is 2. The Bertz CT molecular complexity index is 669. The van der Waals surface area contributed by atoms with E-state index in [2.05, 4.69) is 31.9 Å². The van der Waals surface area contributed by atoms with Crippen molar-refractivity contribution in [1.82, 2.24) is 0 Å². The summed E-state index contributed by atoms with van der Waals surface area (Å²) in [5, 5.41) is 0. The minimum absolute atomic E-state index is 0.135. The number of hydrogen-bond donors (Lipinski definition) is 0. The van der Waals surface area contributed by atoms with Gasteiger partial charge in [0.05, 0.1) is 24.8 Å². The van der Waals surface area contributed by atoms with Gasteiger partial charge in [0.15, 0.2) is 0 Å². The van der Waals surface area contributed by atoms with Gasteiger partial charge >= 0.3 is 0 Å². The predicted molar refractivity (Wildman–Crippen MR) is 89.4 cm³/mol.